The highest BCUT2D eigenvalue weighted by molar-refractivity contribution is 7.17. The van der Waals surface area contributed by atoms with Crippen molar-refractivity contribution in [1.29, 1.82) is 0 Å². The second-order valence-electron chi connectivity index (χ2n) is 5.07. The lowest BCUT2D eigenvalue weighted by atomic mass is 10.1. The molecule has 100 valence electrons. The number of fused-ring (bicyclic) bond motifs is 1. The first kappa shape index (κ1) is 11.8. The van der Waals surface area contributed by atoms with Crippen molar-refractivity contribution in [3.63, 3.8) is 0 Å². The number of aromatic nitrogens is 2. The summed E-state index contributed by atoms with van der Waals surface area (Å²) in [6, 6.07) is 10.3. The molecule has 0 spiro atoms. The van der Waals surface area contributed by atoms with Gasteiger partial charge in [-0.15, -0.1) is 11.3 Å². The summed E-state index contributed by atoms with van der Waals surface area (Å²) in [7, 11) is 0. The molecule has 1 aliphatic carbocycles. The Morgan fingerprint density at radius 2 is 2.05 bits per heavy atom. The van der Waals surface area contributed by atoms with Crippen molar-refractivity contribution in [2.24, 2.45) is 5.84 Å². The van der Waals surface area contributed by atoms with E-state index in [1.165, 1.54) is 22.9 Å². The molecule has 5 heteroatoms. The zero-order chi connectivity index (χ0) is 13.5. The van der Waals surface area contributed by atoms with Crippen LogP contribution in [-0.4, -0.2) is 9.97 Å². The highest BCUT2D eigenvalue weighted by Gasteiger charge is 2.26. The second kappa shape index (κ2) is 4.54. The van der Waals surface area contributed by atoms with Crippen LogP contribution in [0.4, 0.5) is 5.82 Å². The minimum Gasteiger partial charge on any atom is -0.308 e. The molecule has 0 aliphatic heterocycles. The molecule has 2 heterocycles. The smallest absolute Gasteiger partial charge is 0.163 e. The Labute approximate surface area is 120 Å². The minimum atomic E-state index is 0.578. The quantitative estimate of drug-likeness (QED) is 0.570. The van der Waals surface area contributed by atoms with Gasteiger partial charge in [-0.3, -0.25) is 0 Å². The van der Waals surface area contributed by atoms with E-state index in [0.29, 0.717) is 11.7 Å². The van der Waals surface area contributed by atoms with Crippen LogP contribution in [0.2, 0.25) is 0 Å². The first-order chi connectivity index (χ1) is 9.85. The van der Waals surface area contributed by atoms with Gasteiger partial charge in [0, 0.05) is 38.7 Å². The summed E-state index contributed by atoms with van der Waals surface area (Å²) < 4.78 is 1.25. The molecule has 2 aromatic heterocycles. The molecule has 0 amide bonds. The Morgan fingerprint density at radius 3 is 2.85 bits per heavy atom. The number of nitrogens with zero attached hydrogens (tertiary/aromatic N) is 2. The second-order valence-corrected chi connectivity index (χ2v) is 5.98. The van der Waals surface area contributed by atoms with Crippen LogP contribution in [0.5, 0.6) is 0 Å². The third-order valence-electron chi connectivity index (χ3n) is 3.61. The summed E-state index contributed by atoms with van der Waals surface area (Å²) in [4.78, 5) is 9.25. The van der Waals surface area contributed by atoms with E-state index in [2.05, 4.69) is 34.0 Å². The maximum atomic E-state index is 5.54. The largest absolute Gasteiger partial charge is 0.308 e. The summed E-state index contributed by atoms with van der Waals surface area (Å²) in [5.74, 6) is 7.56. The number of nitrogen functional groups attached to an aromatic ring is 1. The average Bonchev–Trinajstić information content (AvgIpc) is 3.26. The van der Waals surface area contributed by atoms with Crippen LogP contribution < -0.4 is 11.3 Å². The number of anilines is 1. The van der Waals surface area contributed by atoms with Crippen LogP contribution in [0.3, 0.4) is 0 Å². The molecule has 1 aliphatic rings. The lowest BCUT2D eigenvalue weighted by molar-refractivity contribution is 0.992. The number of benzene rings is 1. The Hall–Kier alpha value is -1.98. The summed E-state index contributed by atoms with van der Waals surface area (Å²) in [6.45, 7) is 0. The predicted molar refractivity (Wildman–Crippen MR) is 82.6 cm³/mol. The van der Waals surface area contributed by atoms with Crippen LogP contribution in [0.1, 0.15) is 24.5 Å². The number of rotatable bonds is 3. The Balaban J connectivity index is 1.90. The van der Waals surface area contributed by atoms with E-state index < -0.39 is 0 Å². The average molecular weight is 282 g/mol. The van der Waals surface area contributed by atoms with E-state index in [1.807, 2.05) is 12.1 Å². The van der Waals surface area contributed by atoms with Gasteiger partial charge >= 0.3 is 0 Å². The van der Waals surface area contributed by atoms with E-state index >= 15 is 0 Å². The number of nitrogens with one attached hydrogen (secondary N) is 1. The zero-order valence-electron chi connectivity index (χ0n) is 10.8. The molecule has 3 aromatic rings. The lowest BCUT2D eigenvalue weighted by Crippen LogP contribution is -2.10. The van der Waals surface area contributed by atoms with Crippen molar-refractivity contribution in [2.75, 3.05) is 5.43 Å². The SMILES string of the molecule is NNc1cc(C2CC2)nc(-c2csc3ccccc23)n1. The number of hydrazine groups is 1. The van der Waals surface area contributed by atoms with Crippen molar-refractivity contribution in [1.82, 2.24) is 9.97 Å². The number of hydrogen-bond acceptors (Lipinski definition) is 5. The minimum absolute atomic E-state index is 0.578. The normalized spacial score (nSPS) is 14.7. The lowest BCUT2D eigenvalue weighted by Gasteiger charge is -2.06. The molecule has 0 unspecified atom stereocenters. The molecular formula is C15H14N4S. The molecule has 1 aromatic carbocycles. The third-order valence-corrected chi connectivity index (χ3v) is 4.57. The van der Waals surface area contributed by atoms with E-state index in [1.54, 1.807) is 11.3 Å². The fourth-order valence-electron chi connectivity index (χ4n) is 2.40. The molecule has 20 heavy (non-hydrogen) atoms. The Morgan fingerprint density at radius 1 is 1.20 bits per heavy atom. The molecule has 1 saturated carbocycles. The van der Waals surface area contributed by atoms with E-state index in [0.717, 1.165) is 17.1 Å². The highest BCUT2D eigenvalue weighted by Crippen LogP contribution is 2.41. The van der Waals surface area contributed by atoms with Crippen LogP contribution in [0.25, 0.3) is 21.5 Å². The van der Waals surface area contributed by atoms with Crippen LogP contribution in [0, 0.1) is 0 Å². The van der Waals surface area contributed by atoms with Crippen molar-refractivity contribution in [3.05, 3.63) is 41.4 Å². The molecule has 4 rings (SSSR count). The van der Waals surface area contributed by atoms with E-state index in [4.69, 9.17) is 10.8 Å². The van der Waals surface area contributed by atoms with Crippen molar-refractivity contribution < 1.29 is 0 Å². The fourth-order valence-corrected chi connectivity index (χ4v) is 3.34. The molecule has 0 saturated heterocycles. The highest BCUT2D eigenvalue weighted by atomic mass is 32.1. The van der Waals surface area contributed by atoms with Gasteiger partial charge < -0.3 is 5.43 Å². The molecular weight excluding hydrogens is 268 g/mol. The van der Waals surface area contributed by atoms with E-state index in [-0.39, 0.29) is 0 Å². The molecule has 0 bridgehead atoms. The van der Waals surface area contributed by atoms with Crippen molar-refractivity contribution in [2.45, 2.75) is 18.8 Å². The Bertz CT molecular complexity index is 776. The number of hydrogen-bond donors (Lipinski definition) is 2. The van der Waals surface area contributed by atoms with Crippen LogP contribution in [0.15, 0.2) is 35.7 Å². The van der Waals surface area contributed by atoms with Gasteiger partial charge in [0.2, 0.25) is 0 Å². The maximum Gasteiger partial charge on any atom is 0.163 e. The molecule has 4 nitrogen and oxygen atoms in total. The van der Waals surface area contributed by atoms with Gasteiger partial charge in [-0.2, -0.15) is 0 Å². The van der Waals surface area contributed by atoms with Gasteiger partial charge in [-0.05, 0) is 18.9 Å². The third kappa shape index (κ3) is 1.95. The fraction of sp³-hybridized carbons (Fsp3) is 0.200. The summed E-state index contributed by atoms with van der Waals surface area (Å²) in [5, 5.41) is 3.32. The van der Waals surface area contributed by atoms with Gasteiger partial charge in [-0.1, -0.05) is 18.2 Å². The molecule has 0 atom stereocenters. The van der Waals surface area contributed by atoms with Crippen molar-refractivity contribution in [3.8, 4) is 11.4 Å². The zero-order valence-corrected chi connectivity index (χ0v) is 11.7. The number of nitrogens with two attached hydrogens (primary N) is 1. The molecule has 1 fully saturated rings. The molecule has 3 N–H and O–H groups in total. The monoisotopic (exact) mass is 282 g/mol. The topological polar surface area (TPSA) is 63.8 Å². The van der Waals surface area contributed by atoms with Gasteiger partial charge in [0.05, 0.1) is 0 Å². The first-order valence-electron chi connectivity index (χ1n) is 6.67. The van der Waals surface area contributed by atoms with E-state index in [9.17, 15) is 0 Å². The van der Waals surface area contributed by atoms with Crippen molar-refractivity contribution >= 4 is 27.2 Å². The Kier molecular flexibility index (Phi) is 2.68. The van der Waals surface area contributed by atoms with Gasteiger partial charge in [0.15, 0.2) is 5.82 Å². The first-order valence-corrected chi connectivity index (χ1v) is 7.55. The standard InChI is InChI=1S/C15H14N4S/c16-19-14-7-12(9-5-6-9)17-15(18-14)11-8-20-13-4-2-1-3-10(11)13/h1-4,7-9H,5-6,16H2,(H,17,18,19). The van der Waals surface area contributed by atoms with Gasteiger partial charge in [-0.25, -0.2) is 15.8 Å². The summed E-state index contributed by atoms with van der Waals surface area (Å²) >= 11 is 1.72. The van der Waals surface area contributed by atoms with Gasteiger partial charge in [0.1, 0.15) is 5.82 Å². The molecule has 0 radical (unpaired) electrons. The van der Waals surface area contributed by atoms with Crippen LogP contribution >= 0.6 is 11.3 Å². The van der Waals surface area contributed by atoms with Gasteiger partial charge in [0.25, 0.3) is 0 Å². The summed E-state index contributed by atoms with van der Waals surface area (Å²) in [5.41, 5.74) is 4.84. The van der Waals surface area contributed by atoms with Crippen LogP contribution in [-0.2, 0) is 0 Å². The number of thiophene rings is 1. The maximum absolute atomic E-state index is 5.54. The summed E-state index contributed by atoms with van der Waals surface area (Å²) in [6.07, 6.45) is 2.43. The predicted octanol–water partition coefficient (Wildman–Crippen LogP) is 3.52.